The van der Waals surface area contributed by atoms with Gasteiger partial charge in [-0.25, -0.2) is 0 Å². The standard InChI is InChI=1S/C4H10NOP/c1-3(2)4(6)5-7/h3H,7H2,1-2H3,(H,5,6). The summed E-state index contributed by atoms with van der Waals surface area (Å²) < 4.78 is 0. The Morgan fingerprint density at radius 1 is 1.71 bits per heavy atom. The van der Waals surface area contributed by atoms with Gasteiger partial charge in [0.15, 0.2) is 0 Å². The van der Waals surface area contributed by atoms with Crippen LogP contribution in [0, 0.1) is 5.92 Å². The van der Waals surface area contributed by atoms with Crippen molar-refractivity contribution in [2.45, 2.75) is 13.8 Å². The van der Waals surface area contributed by atoms with Crippen molar-refractivity contribution in [3.8, 4) is 0 Å². The molecule has 1 N–H and O–H groups in total. The second-order valence-electron chi connectivity index (χ2n) is 1.66. The summed E-state index contributed by atoms with van der Waals surface area (Å²) in [5.74, 6) is 0.155. The molecule has 0 spiro atoms. The van der Waals surface area contributed by atoms with Gasteiger partial charge in [0.25, 0.3) is 0 Å². The number of hydrogen-bond donors (Lipinski definition) is 1. The van der Waals surface area contributed by atoms with Crippen LogP contribution in [0.5, 0.6) is 0 Å². The molecule has 0 aliphatic heterocycles. The first-order valence-electron chi connectivity index (χ1n) is 2.19. The lowest BCUT2D eigenvalue weighted by Crippen LogP contribution is -2.17. The molecule has 1 amide bonds. The van der Waals surface area contributed by atoms with Crippen LogP contribution in [0.3, 0.4) is 0 Å². The Bertz CT molecular complexity index is 72.1. The van der Waals surface area contributed by atoms with Crippen molar-refractivity contribution in [2.75, 3.05) is 0 Å². The third kappa shape index (κ3) is 2.58. The van der Waals surface area contributed by atoms with E-state index in [0.717, 1.165) is 0 Å². The van der Waals surface area contributed by atoms with Gasteiger partial charge in [-0.05, 0) is 9.39 Å². The number of rotatable bonds is 1. The molecular weight excluding hydrogens is 109 g/mol. The molecule has 1 unspecified atom stereocenters. The minimum absolute atomic E-state index is 0.0602. The van der Waals surface area contributed by atoms with E-state index in [1.807, 2.05) is 13.8 Å². The van der Waals surface area contributed by atoms with E-state index in [0.29, 0.717) is 0 Å². The fraction of sp³-hybridized carbons (Fsp3) is 0.750. The van der Waals surface area contributed by atoms with Gasteiger partial charge in [0.2, 0.25) is 5.91 Å². The molecule has 42 valence electrons. The van der Waals surface area contributed by atoms with Crippen LogP contribution < -0.4 is 5.09 Å². The zero-order chi connectivity index (χ0) is 5.86. The van der Waals surface area contributed by atoms with Gasteiger partial charge in [-0.15, -0.1) is 0 Å². The summed E-state index contributed by atoms with van der Waals surface area (Å²) in [4.78, 5) is 10.4. The first kappa shape index (κ1) is 6.90. The highest BCUT2D eigenvalue weighted by atomic mass is 31.0. The van der Waals surface area contributed by atoms with Gasteiger partial charge in [-0.2, -0.15) is 0 Å². The highest BCUT2D eigenvalue weighted by molar-refractivity contribution is 7.15. The minimum atomic E-state index is 0.0602. The Labute approximate surface area is 45.9 Å². The monoisotopic (exact) mass is 119 g/mol. The zero-order valence-electron chi connectivity index (χ0n) is 4.56. The normalized spacial score (nSPS) is 9.14. The van der Waals surface area contributed by atoms with Gasteiger partial charge in [-0.3, -0.25) is 4.79 Å². The lowest BCUT2D eigenvalue weighted by Gasteiger charge is -1.98. The highest BCUT2D eigenvalue weighted by Gasteiger charge is 2.00. The van der Waals surface area contributed by atoms with Crippen LogP contribution in [-0.2, 0) is 4.79 Å². The molecule has 0 aromatic carbocycles. The van der Waals surface area contributed by atoms with Crippen LogP contribution in [-0.4, -0.2) is 5.91 Å². The summed E-state index contributed by atoms with van der Waals surface area (Å²) in [6, 6.07) is 0. The quantitative estimate of drug-likeness (QED) is 0.502. The molecule has 0 saturated carbocycles. The Morgan fingerprint density at radius 3 is 2.14 bits per heavy atom. The first-order chi connectivity index (χ1) is 3.18. The zero-order valence-corrected chi connectivity index (χ0v) is 5.72. The maximum absolute atomic E-state index is 10.4. The fourth-order valence-corrected chi connectivity index (χ4v) is 0.500. The van der Waals surface area contributed by atoms with Gasteiger partial charge in [0.05, 0.1) is 0 Å². The fourth-order valence-electron chi connectivity index (χ4n) is 0.167. The first-order valence-corrected chi connectivity index (χ1v) is 2.76. The van der Waals surface area contributed by atoms with Crippen LogP contribution >= 0.6 is 9.39 Å². The molecule has 0 fully saturated rings. The third-order valence-corrected chi connectivity index (χ3v) is 0.951. The average Bonchev–Trinajstić information content (AvgIpc) is 1.65. The van der Waals surface area contributed by atoms with E-state index >= 15 is 0 Å². The lowest BCUT2D eigenvalue weighted by atomic mass is 10.2. The van der Waals surface area contributed by atoms with Gasteiger partial charge < -0.3 is 5.09 Å². The summed E-state index contributed by atoms with van der Waals surface area (Å²) in [6.45, 7) is 3.69. The van der Waals surface area contributed by atoms with Crippen molar-refractivity contribution >= 4 is 15.3 Å². The van der Waals surface area contributed by atoms with E-state index in [2.05, 4.69) is 14.5 Å². The predicted octanol–water partition coefficient (Wildman–Crippen LogP) is 0.549. The Morgan fingerprint density at radius 2 is 2.14 bits per heavy atom. The maximum Gasteiger partial charge on any atom is 0.225 e. The van der Waals surface area contributed by atoms with Gasteiger partial charge in [0.1, 0.15) is 0 Å². The Hall–Kier alpha value is -0.100. The SMILES string of the molecule is CC(C)C(=O)NP. The molecule has 0 radical (unpaired) electrons. The number of nitrogens with one attached hydrogen (secondary N) is 1. The van der Waals surface area contributed by atoms with Crippen molar-refractivity contribution in [1.82, 2.24) is 5.09 Å². The van der Waals surface area contributed by atoms with Gasteiger partial charge >= 0.3 is 0 Å². The topological polar surface area (TPSA) is 29.1 Å². The predicted molar refractivity (Wildman–Crippen MR) is 32.7 cm³/mol. The molecule has 3 heteroatoms. The molecule has 0 aliphatic carbocycles. The maximum atomic E-state index is 10.4. The lowest BCUT2D eigenvalue weighted by molar-refractivity contribution is -0.122. The second kappa shape index (κ2) is 2.98. The molecule has 2 nitrogen and oxygen atoms in total. The van der Waals surface area contributed by atoms with E-state index in [9.17, 15) is 4.79 Å². The van der Waals surface area contributed by atoms with Crippen LogP contribution in [0.2, 0.25) is 0 Å². The molecule has 0 saturated heterocycles. The van der Waals surface area contributed by atoms with Crippen molar-refractivity contribution in [3.63, 3.8) is 0 Å². The van der Waals surface area contributed by atoms with E-state index in [4.69, 9.17) is 0 Å². The molecule has 0 rings (SSSR count). The van der Waals surface area contributed by atoms with Gasteiger partial charge in [-0.1, -0.05) is 13.8 Å². The van der Waals surface area contributed by atoms with E-state index in [1.165, 1.54) is 0 Å². The summed E-state index contributed by atoms with van der Waals surface area (Å²) in [6.07, 6.45) is 0. The largest absolute Gasteiger partial charge is 0.340 e. The summed E-state index contributed by atoms with van der Waals surface area (Å²) in [5, 5.41) is 2.44. The molecule has 0 aromatic rings. The van der Waals surface area contributed by atoms with E-state index in [-0.39, 0.29) is 11.8 Å². The number of carbonyl (C=O) groups is 1. The van der Waals surface area contributed by atoms with Crippen molar-refractivity contribution in [1.29, 1.82) is 0 Å². The van der Waals surface area contributed by atoms with E-state index < -0.39 is 0 Å². The van der Waals surface area contributed by atoms with Crippen LogP contribution in [0.25, 0.3) is 0 Å². The molecule has 0 aromatic heterocycles. The van der Waals surface area contributed by atoms with Crippen LogP contribution in [0.4, 0.5) is 0 Å². The third-order valence-electron chi connectivity index (χ3n) is 0.667. The average molecular weight is 119 g/mol. The van der Waals surface area contributed by atoms with Crippen LogP contribution in [0.1, 0.15) is 13.8 Å². The molecule has 0 aliphatic rings. The second-order valence-corrected chi connectivity index (χ2v) is 1.95. The Balaban J connectivity index is 3.35. The molecule has 1 atom stereocenters. The Kier molecular flexibility index (Phi) is 2.93. The number of carbonyl (C=O) groups excluding carboxylic acids is 1. The number of hydrogen-bond acceptors (Lipinski definition) is 1. The summed E-state index contributed by atoms with van der Waals surface area (Å²) in [7, 11) is 2.16. The number of amides is 1. The smallest absolute Gasteiger partial charge is 0.225 e. The highest BCUT2D eigenvalue weighted by Crippen LogP contribution is 1.90. The molecule has 0 bridgehead atoms. The van der Waals surface area contributed by atoms with Gasteiger partial charge in [0, 0.05) is 5.92 Å². The van der Waals surface area contributed by atoms with Crippen molar-refractivity contribution in [2.24, 2.45) is 5.92 Å². The van der Waals surface area contributed by atoms with Crippen molar-refractivity contribution in [3.05, 3.63) is 0 Å². The molecule has 0 heterocycles. The molecular formula is C4H10NOP. The van der Waals surface area contributed by atoms with E-state index in [1.54, 1.807) is 0 Å². The minimum Gasteiger partial charge on any atom is -0.340 e. The van der Waals surface area contributed by atoms with Crippen molar-refractivity contribution < 1.29 is 4.79 Å². The summed E-state index contributed by atoms with van der Waals surface area (Å²) in [5.41, 5.74) is 0. The van der Waals surface area contributed by atoms with Crippen LogP contribution in [0.15, 0.2) is 0 Å². The summed E-state index contributed by atoms with van der Waals surface area (Å²) >= 11 is 0. The molecule has 7 heavy (non-hydrogen) atoms.